The minimum Gasteiger partial charge on any atom is -0.465 e. The molecule has 80 valence electrons. The van der Waals surface area contributed by atoms with Gasteiger partial charge in [-0.15, -0.1) is 0 Å². The molecular weight excluding hydrogens is 184 g/mol. The second kappa shape index (κ2) is 3.98. The second-order valence-electron chi connectivity index (χ2n) is 3.52. The van der Waals surface area contributed by atoms with Gasteiger partial charge in [0, 0.05) is 0 Å². The number of hydrogen-bond donors (Lipinski definition) is 0. The predicted molar refractivity (Wildman–Crippen MR) is 49.5 cm³/mol. The van der Waals surface area contributed by atoms with E-state index in [4.69, 9.17) is 9.47 Å². The van der Waals surface area contributed by atoms with Crippen molar-refractivity contribution in [2.24, 2.45) is 11.3 Å². The average molecular weight is 200 g/mol. The number of esters is 2. The Balaban J connectivity index is 2.68. The van der Waals surface area contributed by atoms with Crippen molar-refractivity contribution in [1.29, 1.82) is 0 Å². The van der Waals surface area contributed by atoms with Crippen LogP contribution >= 0.6 is 0 Å². The quantitative estimate of drug-likeness (QED) is 0.504. The third kappa shape index (κ3) is 1.61. The first kappa shape index (κ1) is 11.0. The summed E-state index contributed by atoms with van der Waals surface area (Å²) in [5.41, 5.74) is -0.994. The first-order valence-corrected chi connectivity index (χ1v) is 4.94. The Bertz CT molecular complexity index is 229. The summed E-state index contributed by atoms with van der Waals surface area (Å²) in [5.74, 6) is -0.836. The fraction of sp³-hybridized carbons (Fsp3) is 0.800. The molecule has 1 unspecified atom stereocenters. The zero-order chi connectivity index (χ0) is 10.8. The van der Waals surface area contributed by atoms with E-state index in [1.807, 2.05) is 6.92 Å². The lowest BCUT2D eigenvalue weighted by molar-refractivity contribution is -0.164. The van der Waals surface area contributed by atoms with Gasteiger partial charge in [0.05, 0.1) is 13.2 Å². The van der Waals surface area contributed by atoms with Crippen molar-refractivity contribution < 1.29 is 19.1 Å². The highest BCUT2D eigenvalue weighted by Crippen LogP contribution is 2.54. The molecule has 1 saturated carbocycles. The van der Waals surface area contributed by atoms with E-state index in [1.54, 1.807) is 13.8 Å². The molecule has 4 heteroatoms. The molecule has 0 N–H and O–H groups in total. The molecular formula is C10H16O4. The average Bonchev–Trinajstić information content (AvgIpc) is 2.80. The first-order valence-electron chi connectivity index (χ1n) is 4.94. The van der Waals surface area contributed by atoms with E-state index in [1.165, 1.54) is 0 Å². The van der Waals surface area contributed by atoms with Crippen molar-refractivity contribution in [3.05, 3.63) is 0 Å². The van der Waals surface area contributed by atoms with Crippen LogP contribution in [0, 0.1) is 11.3 Å². The van der Waals surface area contributed by atoms with Crippen molar-refractivity contribution >= 4 is 11.9 Å². The van der Waals surface area contributed by atoms with Gasteiger partial charge in [0.2, 0.25) is 0 Å². The van der Waals surface area contributed by atoms with Crippen LogP contribution in [0.15, 0.2) is 0 Å². The molecule has 1 rings (SSSR count). The van der Waals surface area contributed by atoms with E-state index in [9.17, 15) is 9.59 Å². The molecule has 1 atom stereocenters. The van der Waals surface area contributed by atoms with Gasteiger partial charge in [0.25, 0.3) is 0 Å². The summed E-state index contributed by atoms with van der Waals surface area (Å²) in [6.45, 7) is 5.90. The Labute approximate surface area is 83.6 Å². The summed E-state index contributed by atoms with van der Waals surface area (Å²) in [6, 6.07) is 0. The largest absolute Gasteiger partial charge is 0.465 e. The number of carbonyl (C=O) groups is 2. The van der Waals surface area contributed by atoms with Gasteiger partial charge in [0.1, 0.15) is 0 Å². The summed E-state index contributed by atoms with van der Waals surface area (Å²) >= 11 is 0. The lowest BCUT2D eigenvalue weighted by atomic mass is 10.1. The van der Waals surface area contributed by atoms with Gasteiger partial charge in [-0.3, -0.25) is 9.59 Å². The maximum absolute atomic E-state index is 11.5. The van der Waals surface area contributed by atoms with Crippen LogP contribution in [0.2, 0.25) is 0 Å². The highest BCUT2D eigenvalue weighted by Gasteiger charge is 2.65. The second-order valence-corrected chi connectivity index (χ2v) is 3.52. The van der Waals surface area contributed by atoms with Crippen molar-refractivity contribution in [1.82, 2.24) is 0 Å². The summed E-state index contributed by atoms with van der Waals surface area (Å²) < 4.78 is 9.73. The molecule has 0 aromatic carbocycles. The maximum atomic E-state index is 11.5. The minimum absolute atomic E-state index is 0.0422. The lowest BCUT2D eigenvalue weighted by Crippen LogP contribution is -2.31. The molecule has 0 saturated heterocycles. The summed E-state index contributed by atoms with van der Waals surface area (Å²) in [7, 11) is 0. The van der Waals surface area contributed by atoms with Crippen LogP contribution in [-0.4, -0.2) is 25.2 Å². The fourth-order valence-corrected chi connectivity index (χ4v) is 1.60. The van der Waals surface area contributed by atoms with Crippen LogP contribution in [0.1, 0.15) is 27.2 Å². The number of hydrogen-bond acceptors (Lipinski definition) is 4. The van der Waals surface area contributed by atoms with E-state index in [0.29, 0.717) is 19.6 Å². The van der Waals surface area contributed by atoms with Gasteiger partial charge < -0.3 is 9.47 Å². The third-order valence-corrected chi connectivity index (χ3v) is 2.59. The Morgan fingerprint density at radius 3 is 1.79 bits per heavy atom. The van der Waals surface area contributed by atoms with Gasteiger partial charge in [-0.05, 0) is 26.2 Å². The van der Waals surface area contributed by atoms with Gasteiger partial charge in [0.15, 0.2) is 5.41 Å². The van der Waals surface area contributed by atoms with E-state index < -0.39 is 17.4 Å². The number of carbonyl (C=O) groups excluding carboxylic acids is 2. The normalized spacial score (nSPS) is 22.6. The fourth-order valence-electron chi connectivity index (χ4n) is 1.60. The molecule has 14 heavy (non-hydrogen) atoms. The van der Waals surface area contributed by atoms with Crippen molar-refractivity contribution in [3.63, 3.8) is 0 Å². The van der Waals surface area contributed by atoms with E-state index in [0.717, 1.165) is 0 Å². The van der Waals surface area contributed by atoms with Crippen LogP contribution in [0.25, 0.3) is 0 Å². The topological polar surface area (TPSA) is 52.6 Å². The first-order chi connectivity index (χ1) is 6.59. The van der Waals surface area contributed by atoms with Crippen molar-refractivity contribution in [2.45, 2.75) is 27.2 Å². The number of rotatable bonds is 4. The highest BCUT2D eigenvalue weighted by atomic mass is 16.6. The maximum Gasteiger partial charge on any atom is 0.323 e. The summed E-state index contributed by atoms with van der Waals surface area (Å²) in [5, 5.41) is 0. The van der Waals surface area contributed by atoms with Crippen LogP contribution < -0.4 is 0 Å². The van der Waals surface area contributed by atoms with Gasteiger partial charge in [-0.1, -0.05) is 6.92 Å². The molecule has 0 amide bonds. The Morgan fingerprint density at radius 2 is 1.57 bits per heavy atom. The number of ether oxygens (including phenoxy) is 2. The molecule has 0 aromatic rings. The molecule has 1 aliphatic carbocycles. The smallest absolute Gasteiger partial charge is 0.323 e. The van der Waals surface area contributed by atoms with E-state index >= 15 is 0 Å². The Kier molecular flexibility index (Phi) is 3.13. The highest BCUT2D eigenvalue weighted by molar-refractivity contribution is 6.03. The minimum atomic E-state index is -0.994. The van der Waals surface area contributed by atoms with Gasteiger partial charge in [-0.25, -0.2) is 0 Å². The molecule has 0 aliphatic heterocycles. The molecule has 0 aromatic heterocycles. The van der Waals surface area contributed by atoms with E-state index in [2.05, 4.69) is 0 Å². The van der Waals surface area contributed by atoms with Crippen LogP contribution in [0.3, 0.4) is 0 Å². The molecule has 0 radical (unpaired) electrons. The lowest BCUT2D eigenvalue weighted by Gasteiger charge is -2.13. The summed E-state index contributed by atoms with van der Waals surface area (Å²) in [6.07, 6.45) is 0.546. The predicted octanol–water partition coefficient (Wildman–Crippen LogP) is 1.14. The zero-order valence-electron chi connectivity index (χ0n) is 8.83. The third-order valence-electron chi connectivity index (χ3n) is 2.59. The molecule has 0 bridgehead atoms. The monoisotopic (exact) mass is 200 g/mol. The van der Waals surface area contributed by atoms with E-state index in [-0.39, 0.29) is 5.92 Å². The zero-order valence-corrected chi connectivity index (χ0v) is 8.83. The molecule has 1 fully saturated rings. The van der Waals surface area contributed by atoms with Gasteiger partial charge >= 0.3 is 11.9 Å². The van der Waals surface area contributed by atoms with Crippen molar-refractivity contribution in [3.8, 4) is 0 Å². The molecule has 4 nitrogen and oxygen atoms in total. The Hall–Kier alpha value is -1.06. The van der Waals surface area contributed by atoms with Gasteiger partial charge in [-0.2, -0.15) is 0 Å². The molecule has 0 spiro atoms. The Morgan fingerprint density at radius 1 is 1.21 bits per heavy atom. The van der Waals surface area contributed by atoms with Crippen LogP contribution in [-0.2, 0) is 19.1 Å². The molecule has 0 heterocycles. The SMILES string of the molecule is CCOC(=O)C1(C(=O)OCC)CC1C. The van der Waals surface area contributed by atoms with Crippen LogP contribution in [0.5, 0.6) is 0 Å². The standard InChI is InChI=1S/C10H16O4/c1-4-13-8(11)10(6-7(10)3)9(12)14-5-2/h7H,4-6H2,1-3H3. The molecule has 1 aliphatic rings. The summed E-state index contributed by atoms with van der Waals surface area (Å²) in [4.78, 5) is 23.1. The van der Waals surface area contributed by atoms with Crippen molar-refractivity contribution in [2.75, 3.05) is 13.2 Å². The van der Waals surface area contributed by atoms with Crippen LogP contribution in [0.4, 0.5) is 0 Å².